The van der Waals surface area contributed by atoms with Crippen LogP contribution in [0.4, 0.5) is 0 Å². The average Bonchev–Trinajstić information content (AvgIpc) is 2.73. The number of carboxylic acid groups (broad SMARTS) is 1. The quantitative estimate of drug-likeness (QED) is 0.933. The maximum Gasteiger partial charge on any atom is 0.307 e. The van der Waals surface area contributed by atoms with E-state index in [1.165, 1.54) is 5.56 Å². The molecule has 0 spiro atoms. The van der Waals surface area contributed by atoms with Crippen LogP contribution in [-0.2, 0) is 16.8 Å². The highest BCUT2D eigenvalue weighted by Gasteiger charge is 2.20. The second-order valence-electron chi connectivity index (χ2n) is 6.05. The van der Waals surface area contributed by atoms with E-state index in [1.807, 2.05) is 62.8 Å². The highest BCUT2D eigenvalue weighted by atomic mass is 16.4. The average molecular weight is 272 g/mol. The molecule has 0 radical (unpaired) electrons. The molecule has 0 aliphatic heterocycles. The Labute approximate surface area is 119 Å². The summed E-state index contributed by atoms with van der Waals surface area (Å²) in [6.45, 7) is 8.16. The zero-order valence-electron chi connectivity index (χ0n) is 12.3. The fourth-order valence-electron chi connectivity index (χ4n) is 2.00. The minimum Gasteiger partial charge on any atom is -0.481 e. The molecule has 4 nitrogen and oxygen atoms in total. The third-order valence-electron chi connectivity index (χ3n) is 3.14. The van der Waals surface area contributed by atoms with E-state index < -0.39 is 5.97 Å². The Balaban J connectivity index is 2.52. The van der Waals surface area contributed by atoms with Gasteiger partial charge in [0, 0.05) is 17.3 Å². The van der Waals surface area contributed by atoms with Gasteiger partial charge in [0.15, 0.2) is 0 Å². The van der Waals surface area contributed by atoms with Gasteiger partial charge in [-0.25, -0.2) is 0 Å². The molecule has 1 N–H and O–H groups in total. The molecular formula is C16H20N2O2. The molecule has 0 saturated carbocycles. The van der Waals surface area contributed by atoms with E-state index in [9.17, 15) is 4.79 Å². The molecule has 0 saturated heterocycles. The molecule has 1 heterocycles. The van der Waals surface area contributed by atoms with Crippen molar-refractivity contribution in [3.63, 3.8) is 0 Å². The lowest BCUT2D eigenvalue weighted by atomic mass is 10.0. The van der Waals surface area contributed by atoms with E-state index in [2.05, 4.69) is 5.10 Å². The highest BCUT2D eigenvalue weighted by molar-refractivity contribution is 5.74. The van der Waals surface area contributed by atoms with Crippen LogP contribution in [0.25, 0.3) is 11.3 Å². The summed E-state index contributed by atoms with van der Waals surface area (Å²) in [5.74, 6) is -0.841. The summed E-state index contributed by atoms with van der Waals surface area (Å²) >= 11 is 0. The summed E-state index contributed by atoms with van der Waals surface area (Å²) in [5.41, 5.74) is 3.45. The summed E-state index contributed by atoms with van der Waals surface area (Å²) in [6.07, 6.45) is 1.82. The van der Waals surface area contributed by atoms with Crippen LogP contribution < -0.4 is 0 Å². The molecule has 0 fully saturated rings. The van der Waals surface area contributed by atoms with E-state index in [0.717, 1.165) is 16.8 Å². The lowest BCUT2D eigenvalue weighted by molar-refractivity contribution is -0.136. The number of aliphatic carboxylic acids is 1. The minimum atomic E-state index is -0.841. The number of carboxylic acids is 1. The van der Waals surface area contributed by atoms with E-state index in [0.29, 0.717) is 0 Å². The van der Waals surface area contributed by atoms with Gasteiger partial charge in [0.1, 0.15) is 0 Å². The number of aryl methyl sites for hydroxylation is 1. The van der Waals surface area contributed by atoms with Gasteiger partial charge in [-0.15, -0.1) is 0 Å². The molecule has 1 aromatic heterocycles. The van der Waals surface area contributed by atoms with Crippen molar-refractivity contribution >= 4 is 5.97 Å². The third-order valence-corrected chi connectivity index (χ3v) is 3.14. The molecule has 2 aromatic rings. The summed E-state index contributed by atoms with van der Waals surface area (Å²) in [5, 5.41) is 13.6. The van der Waals surface area contributed by atoms with Gasteiger partial charge in [-0.1, -0.05) is 29.8 Å². The van der Waals surface area contributed by atoms with Crippen LogP contribution in [0.5, 0.6) is 0 Å². The molecule has 106 valence electrons. The standard InChI is InChI=1S/C16H20N2O2/c1-11-5-7-12(8-6-11)15-13(9-14(19)20)10-18(17-15)16(2,3)4/h5-8,10H,9H2,1-4H3,(H,19,20). The topological polar surface area (TPSA) is 55.1 Å². The van der Waals surface area contributed by atoms with Gasteiger partial charge < -0.3 is 5.11 Å². The highest BCUT2D eigenvalue weighted by Crippen LogP contribution is 2.26. The molecule has 0 atom stereocenters. The Morgan fingerprint density at radius 3 is 2.35 bits per heavy atom. The first-order chi connectivity index (χ1) is 9.27. The third kappa shape index (κ3) is 3.07. The molecule has 4 heteroatoms. The Kier molecular flexibility index (Phi) is 3.66. The van der Waals surface area contributed by atoms with Crippen molar-refractivity contribution in [3.05, 3.63) is 41.6 Å². The van der Waals surface area contributed by atoms with E-state index in [4.69, 9.17) is 5.11 Å². The molecule has 0 amide bonds. The molecule has 1 aromatic carbocycles. The summed E-state index contributed by atoms with van der Waals surface area (Å²) < 4.78 is 1.83. The number of carbonyl (C=O) groups is 1. The van der Waals surface area contributed by atoms with Crippen molar-refractivity contribution in [1.29, 1.82) is 0 Å². The van der Waals surface area contributed by atoms with Crippen LogP contribution in [0.1, 0.15) is 31.9 Å². The van der Waals surface area contributed by atoms with E-state index in [-0.39, 0.29) is 12.0 Å². The number of hydrogen-bond acceptors (Lipinski definition) is 2. The number of benzene rings is 1. The zero-order valence-corrected chi connectivity index (χ0v) is 12.3. The first-order valence-electron chi connectivity index (χ1n) is 6.65. The summed E-state index contributed by atoms with van der Waals surface area (Å²) in [7, 11) is 0. The summed E-state index contributed by atoms with van der Waals surface area (Å²) in [4.78, 5) is 11.0. The number of aromatic nitrogens is 2. The SMILES string of the molecule is Cc1ccc(-c2nn(C(C)(C)C)cc2CC(=O)O)cc1. The first kappa shape index (κ1) is 14.3. The number of rotatable bonds is 3. The van der Waals surface area contributed by atoms with Gasteiger partial charge in [-0.2, -0.15) is 5.10 Å². The molecular weight excluding hydrogens is 252 g/mol. The largest absolute Gasteiger partial charge is 0.481 e. The van der Waals surface area contributed by atoms with Gasteiger partial charge in [0.2, 0.25) is 0 Å². The Morgan fingerprint density at radius 1 is 1.25 bits per heavy atom. The van der Waals surface area contributed by atoms with Crippen molar-refractivity contribution in [2.45, 2.75) is 39.7 Å². The zero-order chi connectivity index (χ0) is 14.9. The number of nitrogens with zero attached hydrogens (tertiary/aromatic N) is 2. The van der Waals surface area contributed by atoms with E-state index in [1.54, 1.807) is 0 Å². The molecule has 0 aliphatic rings. The lowest BCUT2D eigenvalue weighted by Gasteiger charge is -2.18. The monoisotopic (exact) mass is 272 g/mol. The fraction of sp³-hybridized carbons (Fsp3) is 0.375. The number of hydrogen-bond donors (Lipinski definition) is 1. The van der Waals surface area contributed by atoms with Crippen LogP contribution >= 0.6 is 0 Å². The van der Waals surface area contributed by atoms with Crippen LogP contribution in [0.15, 0.2) is 30.5 Å². The van der Waals surface area contributed by atoms with Crippen molar-refractivity contribution in [2.75, 3.05) is 0 Å². The minimum absolute atomic E-state index is 0.0146. The second-order valence-corrected chi connectivity index (χ2v) is 6.05. The first-order valence-corrected chi connectivity index (χ1v) is 6.65. The molecule has 0 aliphatic carbocycles. The van der Waals surface area contributed by atoms with E-state index >= 15 is 0 Å². The van der Waals surface area contributed by atoms with Gasteiger partial charge >= 0.3 is 5.97 Å². The van der Waals surface area contributed by atoms with Gasteiger partial charge in [-0.05, 0) is 27.7 Å². The molecule has 2 rings (SSSR count). The van der Waals surface area contributed by atoms with Crippen LogP contribution in [0.3, 0.4) is 0 Å². The maximum atomic E-state index is 11.0. The Morgan fingerprint density at radius 2 is 1.85 bits per heavy atom. The predicted molar refractivity (Wildman–Crippen MR) is 78.7 cm³/mol. The molecule has 0 unspecified atom stereocenters. The van der Waals surface area contributed by atoms with Crippen molar-refractivity contribution in [2.24, 2.45) is 0 Å². The maximum absolute atomic E-state index is 11.0. The van der Waals surface area contributed by atoms with Crippen LogP contribution in [0.2, 0.25) is 0 Å². The molecule has 20 heavy (non-hydrogen) atoms. The van der Waals surface area contributed by atoms with Crippen LogP contribution in [0, 0.1) is 6.92 Å². The fourth-order valence-corrected chi connectivity index (χ4v) is 2.00. The molecule has 0 bridgehead atoms. The Hall–Kier alpha value is -2.10. The Bertz CT molecular complexity index is 619. The predicted octanol–water partition coefficient (Wildman–Crippen LogP) is 3.24. The van der Waals surface area contributed by atoms with Crippen molar-refractivity contribution < 1.29 is 9.90 Å². The lowest BCUT2D eigenvalue weighted by Crippen LogP contribution is -2.22. The van der Waals surface area contributed by atoms with Crippen molar-refractivity contribution in [3.8, 4) is 11.3 Å². The van der Waals surface area contributed by atoms with Gasteiger partial charge in [-0.3, -0.25) is 9.48 Å². The van der Waals surface area contributed by atoms with Gasteiger partial charge in [0.05, 0.1) is 17.7 Å². The van der Waals surface area contributed by atoms with Gasteiger partial charge in [0.25, 0.3) is 0 Å². The summed E-state index contributed by atoms with van der Waals surface area (Å²) in [6, 6.07) is 7.98. The normalized spacial score (nSPS) is 11.6. The smallest absolute Gasteiger partial charge is 0.307 e. The van der Waals surface area contributed by atoms with Crippen molar-refractivity contribution in [1.82, 2.24) is 9.78 Å². The second kappa shape index (κ2) is 5.12. The van der Waals surface area contributed by atoms with Crippen LogP contribution in [-0.4, -0.2) is 20.9 Å².